The number of benzene rings is 2. The summed E-state index contributed by atoms with van der Waals surface area (Å²) < 4.78 is 2.32. The maximum Gasteiger partial charge on any atom is 0.0544 e. The van der Waals surface area contributed by atoms with E-state index in [2.05, 4.69) is 129 Å². The second-order valence-electron chi connectivity index (χ2n) is 11.7. The minimum Gasteiger partial charge on any atom is -0.398 e. The molecule has 4 heteroatoms. The Morgan fingerprint density at radius 1 is 1.03 bits per heavy atom. The molecule has 0 saturated carbocycles. The van der Waals surface area contributed by atoms with Gasteiger partial charge in [-0.15, -0.1) is 0 Å². The van der Waals surface area contributed by atoms with Crippen molar-refractivity contribution in [1.82, 2.24) is 4.57 Å². The molecule has 4 nitrogen and oxygen atoms in total. The summed E-state index contributed by atoms with van der Waals surface area (Å²) in [5, 5.41) is 3.64. The summed E-state index contributed by atoms with van der Waals surface area (Å²) in [6.45, 7) is 6.84. The van der Waals surface area contributed by atoms with Gasteiger partial charge in [-0.2, -0.15) is 0 Å². The van der Waals surface area contributed by atoms with Gasteiger partial charge in [0.05, 0.1) is 11.4 Å². The van der Waals surface area contributed by atoms with E-state index in [1.807, 2.05) is 12.1 Å². The second-order valence-corrected chi connectivity index (χ2v) is 11.7. The van der Waals surface area contributed by atoms with Crippen LogP contribution in [0.2, 0.25) is 0 Å². The zero-order valence-electron chi connectivity index (χ0n) is 24.0. The van der Waals surface area contributed by atoms with E-state index in [9.17, 15) is 0 Å². The average molecular weight is 519 g/mol. The van der Waals surface area contributed by atoms with Gasteiger partial charge in [-0.25, -0.2) is 0 Å². The summed E-state index contributed by atoms with van der Waals surface area (Å²) in [5.74, 6) is 0.369. The number of nitrogen functional groups attached to an aromatic ring is 1. The van der Waals surface area contributed by atoms with Crippen molar-refractivity contribution in [2.24, 2.45) is 0 Å². The Bertz CT molecular complexity index is 1460. The highest BCUT2D eigenvalue weighted by Crippen LogP contribution is 2.40. The van der Waals surface area contributed by atoms with Crippen LogP contribution < -0.4 is 16.0 Å². The molecule has 0 unspecified atom stereocenters. The van der Waals surface area contributed by atoms with Crippen molar-refractivity contribution in [3.8, 4) is 0 Å². The lowest BCUT2D eigenvalue weighted by molar-refractivity contribution is 0.536. The Labute approximate surface area is 234 Å². The van der Waals surface area contributed by atoms with Gasteiger partial charge in [-0.05, 0) is 77.6 Å². The van der Waals surface area contributed by atoms with E-state index in [-0.39, 0.29) is 5.41 Å². The van der Waals surface area contributed by atoms with E-state index in [1.54, 1.807) is 0 Å². The van der Waals surface area contributed by atoms with Gasteiger partial charge < -0.3 is 20.5 Å². The summed E-state index contributed by atoms with van der Waals surface area (Å²) in [5.41, 5.74) is 17.5. The zero-order valence-corrected chi connectivity index (χ0v) is 24.0. The molecular formula is C35H42N4. The lowest BCUT2D eigenvalue weighted by Gasteiger charge is -2.26. The van der Waals surface area contributed by atoms with Crippen LogP contribution in [0.4, 0.5) is 17.1 Å². The summed E-state index contributed by atoms with van der Waals surface area (Å²) in [7, 11) is 4.19. The fraction of sp³-hybridized carbons (Fsp3) is 0.314. The highest BCUT2D eigenvalue weighted by Gasteiger charge is 2.24. The van der Waals surface area contributed by atoms with E-state index in [0.29, 0.717) is 5.92 Å². The Hall–Kier alpha value is -3.92. The molecular weight excluding hydrogens is 476 g/mol. The first-order valence-corrected chi connectivity index (χ1v) is 14.1. The fourth-order valence-corrected chi connectivity index (χ4v) is 5.87. The molecule has 2 aromatic carbocycles. The lowest BCUT2D eigenvalue weighted by atomic mass is 9.80. The van der Waals surface area contributed by atoms with Gasteiger partial charge in [0, 0.05) is 49.5 Å². The summed E-state index contributed by atoms with van der Waals surface area (Å²) >= 11 is 0. The number of hydrogen-bond acceptors (Lipinski definition) is 3. The maximum absolute atomic E-state index is 6.33. The number of fused-ring (bicyclic) bond motifs is 1. The van der Waals surface area contributed by atoms with Crippen molar-refractivity contribution in [2.75, 3.05) is 30.0 Å². The molecule has 0 bridgehead atoms. The lowest BCUT2D eigenvalue weighted by Crippen LogP contribution is -2.18. The van der Waals surface area contributed by atoms with Crippen molar-refractivity contribution >= 4 is 22.8 Å². The molecule has 1 atom stereocenters. The number of rotatable bonds is 7. The SMILES string of the molecule is C[C@@H]1/C(=C\C=C2/CCCC(/C=C/CC(C)(C)c3ccccc3N)=C2n2ccc(N(C)C)c2)Nc2ccccc21. The number of nitrogens with zero attached hydrogens (tertiary/aromatic N) is 2. The van der Waals surface area contributed by atoms with Gasteiger partial charge in [-0.3, -0.25) is 0 Å². The molecule has 0 fully saturated rings. The summed E-state index contributed by atoms with van der Waals surface area (Å²) in [4.78, 5) is 2.16. The number of nitrogens with two attached hydrogens (primary N) is 1. The highest BCUT2D eigenvalue weighted by molar-refractivity contribution is 5.74. The number of anilines is 3. The van der Waals surface area contributed by atoms with Crippen LogP contribution in [0.1, 0.15) is 63.5 Å². The molecule has 0 saturated heterocycles. The first kappa shape index (κ1) is 26.7. The summed E-state index contributed by atoms with van der Waals surface area (Å²) in [6.07, 6.45) is 18.0. The molecule has 3 aromatic rings. The third kappa shape index (κ3) is 5.61. The van der Waals surface area contributed by atoms with E-state index >= 15 is 0 Å². The number of nitrogens with one attached hydrogen (secondary N) is 1. The molecule has 0 radical (unpaired) electrons. The van der Waals surface area contributed by atoms with Crippen LogP contribution in [0.25, 0.3) is 5.70 Å². The van der Waals surface area contributed by atoms with Crippen LogP contribution in [0.15, 0.2) is 108 Å². The van der Waals surface area contributed by atoms with E-state index < -0.39 is 0 Å². The van der Waals surface area contributed by atoms with E-state index in [0.717, 1.165) is 31.4 Å². The Morgan fingerprint density at radius 2 is 1.79 bits per heavy atom. The molecule has 1 aliphatic heterocycles. The van der Waals surface area contributed by atoms with E-state index in [4.69, 9.17) is 5.73 Å². The third-order valence-electron chi connectivity index (χ3n) is 8.23. The Morgan fingerprint density at radius 3 is 2.54 bits per heavy atom. The van der Waals surface area contributed by atoms with Crippen LogP contribution in [0, 0.1) is 0 Å². The number of para-hydroxylation sites is 2. The monoisotopic (exact) mass is 518 g/mol. The van der Waals surface area contributed by atoms with Crippen LogP contribution in [-0.2, 0) is 5.41 Å². The quantitative estimate of drug-likeness (QED) is 0.308. The Kier molecular flexibility index (Phi) is 7.56. The molecule has 1 aromatic heterocycles. The van der Waals surface area contributed by atoms with Gasteiger partial charge in [0.25, 0.3) is 0 Å². The molecule has 3 N–H and O–H groups in total. The average Bonchev–Trinajstić information content (AvgIpc) is 3.53. The first-order chi connectivity index (χ1) is 18.7. The fourth-order valence-electron chi connectivity index (χ4n) is 5.87. The minimum atomic E-state index is -0.0366. The number of allylic oxidation sites excluding steroid dienone is 8. The maximum atomic E-state index is 6.33. The smallest absolute Gasteiger partial charge is 0.0544 e. The predicted molar refractivity (Wildman–Crippen MR) is 168 cm³/mol. The standard InChI is InChI=1S/C35H42N4/c1-25-29-15-6-9-18-33(29)37-32(25)20-19-27-13-10-12-26(34(27)39-23-21-28(24-39)38(4)5)14-11-22-35(2,3)30-16-7-8-17-31(30)36/h6-9,11,14-21,23-25,37H,10,12-13,22,36H2,1-5H3/b14-11+,27-19+,32-20+/t25-/m0/s1. The van der Waals surface area contributed by atoms with Gasteiger partial charge >= 0.3 is 0 Å². The van der Waals surface area contributed by atoms with Crippen molar-refractivity contribution < 1.29 is 0 Å². The molecule has 5 rings (SSSR count). The van der Waals surface area contributed by atoms with Crippen LogP contribution >= 0.6 is 0 Å². The van der Waals surface area contributed by atoms with Crippen LogP contribution in [0.5, 0.6) is 0 Å². The highest BCUT2D eigenvalue weighted by atomic mass is 15.1. The van der Waals surface area contributed by atoms with Crippen LogP contribution in [0.3, 0.4) is 0 Å². The predicted octanol–water partition coefficient (Wildman–Crippen LogP) is 8.49. The summed E-state index contributed by atoms with van der Waals surface area (Å²) in [6, 6.07) is 19.1. The van der Waals surface area contributed by atoms with Gasteiger partial charge in [-0.1, -0.05) is 75.4 Å². The zero-order chi connectivity index (χ0) is 27.6. The molecule has 0 amide bonds. The largest absolute Gasteiger partial charge is 0.398 e. The molecule has 202 valence electrons. The third-order valence-corrected chi connectivity index (χ3v) is 8.23. The molecule has 2 heterocycles. The Balaban J connectivity index is 1.49. The normalized spacial score (nSPS) is 19.7. The van der Waals surface area contributed by atoms with Crippen LogP contribution in [-0.4, -0.2) is 18.7 Å². The van der Waals surface area contributed by atoms with Gasteiger partial charge in [0.2, 0.25) is 0 Å². The second kappa shape index (κ2) is 11.1. The van der Waals surface area contributed by atoms with Crippen molar-refractivity contribution in [3.05, 3.63) is 119 Å². The van der Waals surface area contributed by atoms with Crippen molar-refractivity contribution in [2.45, 2.75) is 57.8 Å². The number of aromatic nitrogens is 1. The van der Waals surface area contributed by atoms with E-state index in [1.165, 1.54) is 45.0 Å². The molecule has 1 aliphatic carbocycles. The molecule has 0 spiro atoms. The van der Waals surface area contributed by atoms with Gasteiger partial charge in [0.1, 0.15) is 0 Å². The number of hydrogen-bond donors (Lipinski definition) is 2. The van der Waals surface area contributed by atoms with Gasteiger partial charge in [0.15, 0.2) is 0 Å². The first-order valence-electron chi connectivity index (χ1n) is 14.1. The minimum absolute atomic E-state index is 0.0366. The molecule has 2 aliphatic rings. The van der Waals surface area contributed by atoms with Crippen molar-refractivity contribution in [1.29, 1.82) is 0 Å². The van der Waals surface area contributed by atoms with Crippen molar-refractivity contribution in [3.63, 3.8) is 0 Å². The topological polar surface area (TPSA) is 46.2 Å². The molecule has 39 heavy (non-hydrogen) atoms.